The molecule has 100 valence electrons. The number of nitrogens with one attached hydrogen (secondary N) is 1. The van der Waals surface area contributed by atoms with Gasteiger partial charge in [-0.05, 0) is 24.6 Å². The van der Waals surface area contributed by atoms with Gasteiger partial charge >= 0.3 is 0 Å². The lowest BCUT2D eigenvalue weighted by molar-refractivity contribution is 0.355. The third-order valence-electron chi connectivity index (χ3n) is 2.93. The van der Waals surface area contributed by atoms with Crippen LogP contribution < -0.4 is 14.8 Å². The molecule has 5 heteroatoms. The summed E-state index contributed by atoms with van der Waals surface area (Å²) in [6.07, 6.45) is 1.54. The normalized spacial score (nSPS) is 10.1. The van der Waals surface area contributed by atoms with E-state index >= 15 is 0 Å². The molecule has 0 fully saturated rings. The maximum atomic E-state index is 5.33. The van der Waals surface area contributed by atoms with Crippen molar-refractivity contribution in [2.75, 3.05) is 26.6 Å². The van der Waals surface area contributed by atoms with Gasteiger partial charge in [0.15, 0.2) is 11.5 Å². The summed E-state index contributed by atoms with van der Waals surface area (Å²) in [4.78, 5) is 8.41. The zero-order chi connectivity index (χ0) is 13.8. The van der Waals surface area contributed by atoms with E-state index in [-0.39, 0.29) is 0 Å². The highest BCUT2D eigenvalue weighted by molar-refractivity contribution is 5.69. The number of hydrogen-bond donors (Lipinski definition) is 1. The summed E-state index contributed by atoms with van der Waals surface area (Å²) in [5.74, 6) is 2.18. The summed E-state index contributed by atoms with van der Waals surface area (Å²) < 4.78 is 10.6. The van der Waals surface area contributed by atoms with Gasteiger partial charge in [0.2, 0.25) is 0 Å². The van der Waals surface area contributed by atoms with Crippen molar-refractivity contribution < 1.29 is 9.47 Å². The Hall–Kier alpha value is -2.30. The molecule has 1 heterocycles. The van der Waals surface area contributed by atoms with Crippen LogP contribution in [0, 0.1) is 6.92 Å². The van der Waals surface area contributed by atoms with E-state index in [0.717, 1.165) is 22.6 Å². The third-order valence-corrected chi connectivity index (χ3v) is 2.93. The Morgan fingerprint density at radius 3 is 2.32 bits per heavy atom. The van der Waals surface area contributed by atoms with Crippen LogP contribution in [-0.2, 0) is 0 Å². The third kappa shape index (κ3) is 2.59. The van der Waals surface area contributed by atoms with E-state index in [1.807, 2.05) is 32.2 Å². The number of nitrogens with zero attached hydrogens (tertiary/aromatic N) is 2. The molecule has 0 aliphatic heterocycles. The summed E-state index contributed by atoms with van der Waals surface area (Å²) in [6, 6.07) is 5.76. The van der Waals surface area contributed by atoms with Crippen molar-refractivity contribution in [1.29, 1.82) is 0 Å². The van der Waals surface area contributed by atoms with Gasteiger partial charge in [-0.15, -0.1) is 0 Å². The van der Waals surface area contributed by atoms with Crippen molar-refractivity contribution >= 4 is 5.82 Å². The quantitative estimate of drug-likeness (QED) is 0.914. The SMILES string of the molecule is CNc1cc(-c2cc(OC)c(OC)cc2C)ncn1. The zero-order valence-electron chi connectivity index (χ0n) is 11.5. The Balaban J connectivity index is 2.55. The summed E-state index contributed by atoms with van der Waals surface area (Å²) in [5, 5.41) is 3.00. The lowest BCUT2D eigenvalue weighted by atomic mass is 10.0. The number of aryl methyl sites for hydroxylation is 1. The molecule has 1 N–H and O–H groups in total. The second-order valence-corrected chi connectivity index (χ2v) is 4.06. The fourth-order valence-electron chi connectivity index (χ4n) is 1.90. The molecule has 0 aliphatic carbocycles. The van der Waals surface area contributed by atoms with Crippen LogP contribution >= 0.6 is 0 Å². The second kappa shape index (κ2) is 5.56. The standard InChI is InChI=1S/C14H17N3O2/c1-9-5-12(18-3)13(19-4)6-10(9)11-7-14(15-2)17-8-16-11/h5-8H,1-4H3,(H,15,16,17). The van der Waals surface area contributed by atoms with Crippen molar-refractivity contribution in [3.05, 3.63) is 30.1 Å². The van der Waals surface area contributed by atoms with Gasteiger partial charge in [0, 0.05) is 18.7 Å². The Labute approximate surface area is 112 Å². The highest BCUT2D eigenvalue weighted by atomic mass is 16.5. The van der Waals surface area contributed by atoms with Crippen LogP contribution in [0.15, 0.2) is 24.5 Å². The fourth-order valence-corrected chi connectivity index (χ4v) is 1.90. The molecule has 0 atom stereocenters. The van der Waals surface area contributed by atoms with Crippen LogP contribution in [0.3, 0.4) is 0 Å². The van der Waals surface area contributed by atoms with Crippen LogP contribution in [0.1, 0.15) is 5.56 Å². The number of methoxy groups -OCH3 is 2. The molecule has 1 aromatic heterocycles. The molecule has 1 aromatic carbocycles. The molecule has 5 nitrogen and oxygen atoms in total. The molecule has 0 spiro atoms. The van der Waals surface area contributed by atoms with Crippen molar-refractivity contribution in [3.63, 3.8) is 0 Å². The minimum Gasteiger partial charge on any atom is -0.493 e. The fraction of sp³-hybridized carbons (Fsp3) is 0.286. The van der Waals surface area contributed by atoms with Gasteiger partial charge in [-0.25, -0.2) is 9.97 Å². The molecular formula is C14H17N3O2. The Kier molecular flexibility index (Phi) is 3.85. The summed E-state index contributed by atoms with van der Waals surface area (Å²) in [7, 11) is 5.07. The van der Waals surface area contributed by atoms with Crippen LogP contribution in [0.5, 0.6) is 11.5 Å². The summed E-state index contributed by atoms with van der Waals surface area (Å²) >= 11 is 0. The number of ether oxygens (including phenoxy) is 2. The average molecular weight is 259 g/mol. The highest BCUT2D eigenvalue weighted by Crippen LogP contribution is 2.34. The molecule has 0 saturated heterocycles. The maximum Gasteiger partial charge on any atom is 0.161 e. The smallest absolute Gasteiger partial charge is 0.161 e. The van der Waals surface area contributed by atoms with Gasteiger partial charge in [0.1, 0.15) is 12.1 Å². The number of anilines is 1. The topological polar surface area (TPSA) is 56.3 Å². The monoisotopic (exact) mass is 259 g/mol. The van der Waals surface area contributed by atoms with E-state index in [2.05, 4.69) is 15.3 Å². The molecule has 0 saturated carbocycles. The van der Waals surface area contributed by atoms with Crippen LogP contribution in [0.2, 0.25) is 0 Å². The molecule has 0 radical (unpaired) electrons. The average Bonchev–Trinajstić information content (AvgIpc) is 2.46. The van der Waals surface area contributed by atoms with E-state index in [0.29, 0.717) is 11.5 Å². The zero-order valence-corrected chi connectivity index (χ0v) is 11.5. The lowest BCUT2D eigenvalue weighted by Gasteiger charge is -2.12. The molecule has 0 bridgehead atoms. The van der Waals surface area contributed by atoms with Crippen molar-refractivity contribution in [2.24, 2.45) is 0 Å². The first-order valence-electron chi connectivity index (χ1n) is 5.92. The van der Waals surface area contributed by atoms with Crippen LogP contribution in [-0.4, -0.2) is 31.2 Å². The largest absolute Gasteiger partial charge is 0.493 e. The highest BCUT2D eigenvalue weighted by Gasteiger charge is 2.11. The van der Waals surface area contributed by atoms with Gasteiger partial charge in [-0.3, -0.25) is 0 Å². The number of hydrogen-bond acceptors (Lipinski definition) is 5. The Morgan fingerprint density at radius 1 is 1.00 bits per heavy atom. The van der Waals surface area contributed by atoms with Gasteiger partial charge < -0.3 is 14.8 Å². The Morgan fingerprint density at radius 2 is 1.68 bits per heavy atom. The summed E-state index contributed by atoms with van der Waals surface area (Å²) in [5.41, 5.74) is 2.91. The van der Waals surface area contributed by atoms with Crippen molar-refractivity contribution in [2.45, 2.75) is 6.92 Å². The van der Waals surface area contributed by atoms with E-state index in [1.54, 1.807) is 14.2 Å². The lowest BCUT2D eigenvalue weighted by Crippen LogP contribution is -1.97. The minimum atomic E-state index is 0.688. The van der Waals surface area contributed by atoms with Crippen LogP contribution in [0.4, 0.5) is 5.82 Å². The molecule has 2 rings (SSSR count). The molecule has 2 aromatic rings. The predicted molar refractivity (Wildman–Crippen MR) is 74.9 cm³/mol. The predicted octanol–water partition coefficient (Wildman–Crippen LogP) is 2.51. The number of rotatable bonds is 4. The Bertz CT molecular complexity index is 585. The van der Waals surface area contributed by atoms with E-state index in [1.165, 1.54) is 6.33 Å². The van der Waals surface area contributed by atoms with Crippen LogP contribution in [0.25, 0.3) is 11.3 Å². The summed E-state index contributed by atoms with van der Waals surface area (Å²) in [6.45, 7) is 2.01. The number of aromatic nitrogens is 2. The maximum absolute atomic E-state index is 5.33. The number of benzene rings is 1. The second-order valence-electron chi connectivity index (χ2n) is 4.06. The van der Waals surface area contributed by atoms with E-state index in [9.17, 15) is 0 Å². The molecule has 0 aliphatic rings. The first kappa shape index (κ1) is 13.1. The van der Waals surface area contributed by atoms with Gasteiger partial charge in [-0.1, -0.05) is 0 Å². The van der Waals surface area contributed by atoms with Crippen molar-refractivity contribution in [1.82, 2.24) is 9.97 Å². The van der Waals surface area contributed by atoms with Gasteiger partial charge in [0.25, 0.3) is 0 Å². The first-order valence-corrected chi connectivity index (χ1v) is 5.92. The van der Waals surface area contributed by atoms with Gasteiger partial charge in [0.05, 0.1) is 19.9 Å². The molecule has 0 unspecified atom stereocenters. The van der Waals surface area contributed by atoms with E-state index in [4.69, 9.17) is 9.47 Å². The first-order chi connectivity index (χ1) is 9.19. The minimum absolute atomic E-state index is 0.688. The molecular weight excluding hydrogens is 242 g/mol. The van der Waals surface area contributed by atoms with Gasteiger partial charge in [-0.2, -0.15) is 0 Å². The molecule has 0 amide bonds. The van der Waals surface area contributed by atoms with Crippen molar-refractivity contribution in [3.8, 4) is 22.8 Å². The van der Waals surface area contributed by atoms with E-state index < -0.39 is 0 Å². The molecule has 19 heavy (non-hydrogen) atoms.